The van der Waals surface area contributed by atoms with Gasteiger partial charge in [0, 0.05) is 32.7 Å². The lowest BCUT2D eigenvalue weighted by atomic mass is 9.94. The summed E-state index contributed by atoms with van der Waals surface area (Å²) in [7, 11) is 0. The summed E-state index contributed by atoms with van der Waals surface area (Å²) >= 11 is 0. The Labute approximate surface area is 191 Å². The average molecular weight is 463 g/mol. The van der Waals surface area contributed by atoms with E-state index in [9.17, 15) is 23.1 Å². The summed E-state index contributed by atoms with van der Waals surface area (Å²) in [5, 5.41) is 9.18. The van der Waals surface area contributed by atoms with Crippen LogP contribution in [0, 0.1) is 0 Å². The Bertz CT molecular complexity index is 957. The van der Waals surface area contributed by atoms with Gasteiger partial charge in [0.1, 0.15) is 12.4 Å². The van der Waals surface area contributed by atoms with E-state index in [0.717, 1.165) is 17.2 Å². The van der Waals surface area contributed by atoms with Gasteiger partial charge in [-0.2, -0.15) is 13.2 Å². The molecule has 1 heterocycles. The number of rotatable bonds is 10. The van der Waals surface area contributed by atoms with Crippen molar-refractivity contribution in [3.8, 4) is 5.75 Å². The van der Waals surface area contributed by atoms with Crippen molar-refractivity contribution in [2.24, 2.45) is 0 Å². The molecule has 0 radical (unpaired) electrons. The highest BCUT2D eigenvalue weighted by Gasteiger charge is 2.34. The predicted molar refractivity (Wildman–Crippen MR) is 119 cm³/mol. The molecule has 1 atom stereocenters. The molecule has 0 saturated carbocycles. The van der Waals surface area contributed by atoms with Crippen molar-refractivity contribution in [1.82, 2.24) is 4.90 Å². The topological polar surface area (TPSA) is 59.0 Å². The van der Waals surface area contributed by atoms with Crippen molar-refractivity contribution in [2.45, 2.75) is 32.0 Å². The summed E-state index contributed by atoms with van der Waals surface area (Å²) in [5.41, 5.74) is 1.24. The van der Waals surface area contributed by atoms with Crippen molar-refractivity contribution >= 4 is 11.5 Å². The van der Waals surface area contributed by atoms with E-state index in [0.29, 0.717) is 45.0 Å². The summed E-state index contributed by atoms with van der Waals surface area (Å²) in [6.07, 6.45) is -2.55. The first-order valence-electron chi connectivity index (χ1n) is 10.9. The molecular formula is C25H28F3NO4. The number of hydrogen-bond acceptors (Lipinski definition) is 4. The second-order valence-electron chi connectivity index (χ2n) is 7.80. The highest BCUT2D eigenvalue weighted by molar-refractivity contribution is 5.72. The molecule has 0 saturated heterocycles. The van der Waals surface area contributed by atoms with Gasteiger partial charge in [0.05, 0.1) is 5.56 Å². The van der Waals surface area contributed by atoms with Crippen LogP contribution in [0.4, 0.5) is 13.2 Å². The van der Waals surface area contributed by atoms with Gasteiger partial charge in [-0.3, -0.25) is 4.90 Å². The van der Waals surface area contributed by atoms with Crippen molar-refractivity contribution < 1.29 is 32.5 Å². The Hall–Kier alpha value is -2.84. The van der Waals surface area contributed by atoms with Crippen LogP contribution in [0.25, 0.3) is 5.57 Å². The van der Waals surface area contributed by atoms with Crippen molar-refractivity contribution in [1.29, 1.82) is 0 Å². The quantitative estimate of drug-likeness (QED) is 0.543. The van der Waals surface area contributed by atoms with Gasteiger partial charge in [-0.25, -0.2) is 4.79 Å². The lowest BCUT2D eigenvalue weighted by Crippen LogP contribution is -2.32. The van der Waals surface area contributed by atoms with Gasteiger partial charge in [-0.1, -0.05) is 36.4 Å². The Morgan fingerprint density at radius 2 is 1.88 bits per heavy atom. The van der Waals surface area contributed by atoms with Crippen LogP contribution in [-0.4, -0.2) is 54.9 Å². The second-order valence-corrected chi connectivity index (χ2v) is 7.80. The number of ether oxygens (including phenoxy) is 2. The number of alkyl halides is 3. The Balaban J connectivity index is 1.48. The lowest BCUT2D eigenvalue weighted by molar-refractivity contribution is -0.150. The smallest absolute Gasteiger partial charge is 0.416 e. The second kappa shape index (κ2) is 11.3. The fraction of sp³-hybridized carbons (Fsp3) is 0.400. The zero-order valence-electron chi connectivity index (χ0n) is 18.5. The molecule has 178 valence electrons. The molecule has 0 amide bonds. The zero-order chi connectivity index (χ0) is 23.8. The number of hydrogen-bond donors (Lipinski definition) is 1. The Morgan fingerprint density at radius 3 is 2.48 bits per heavy atom. The fourth-order valence-electron chi connectivity index (χ4n) is 3.82. The van der Waals surface area contributed by atoms with E-state index in [1.165, 1.54) is 12.1 Å². The van der Waals surface area contributed by atoms with Crippen LogP contribution in [0.1, 0.15) is 30.0 Å². The number of benzene rings is 2. The molecule has 2 aromatic rings. The first-order chi connectivity index (χ1) is 15.8. The molecule has 0 aliphatic carbocycles. The predicted octanol–water partition coefficient (Wildman–Crippen LogP) is 4.91. The molecule has 1 aliphatic rings. The van der Waals surface area contributed by atoms with Crippen LogP contribution in [0.3, 0.4) is 0 Å². The van der Waals surface area contributed by atoms with E-state index in [1.807, 2.05) is 18.2 Å². The van der Waals surface area contributed by atoms with Crippen LogP contribution in [-0.2, 0) is 22.1 Å². The van der Waals surface area contributed by atoms with Crippen molar-refractivity contribution in [3.63, 3.8) is 0 Å². The van der Waals surface area contributed by atoms with Gasteiger partial charge >= 0.3 is 12.1 Å². The van der Waals surface area contributed by atoms with Gasteiger partial charge in [0.25, 0.3) is 0 Å². The molecule has 5 nitrogen and oxygen atoms in total. The minimum absolute atomic E-state index is 0.260. The van der Waals surface area contributed by atoms with E-state index in [2.05, 4.69) is 4.90 Å². The van der Waals surface area contributed by atoms with Gasteiger partial charge in [-0.15, -0.1) is 0 Å². The lowest BCUT2D eigenvalue weighted by Gasteiger charge is -2.27. The molecule has 8 heteroatoms. The minimum Gasteiger partial charge on any atom is -0.492 e. The molecule has 3 rings (SSSR count). The van der Waals surface area contributed by atoms with Crippen molar-refractivity contribution in [3.05, 3.63) is 71.3 Å². The van der Waals surface area contributed by atoms with Crippen LogP contribution in [0.5, 0.6) is 5.75 Å². The summed E-state index contributed by atoms with van der Waals surface area (Å²) in [5.74, 6) is -0.313. The molecule has 33 heavy (non-hydrogen) atoms. The van der Waals surface area contributed by atoms with Gasteiger partial charge in [-0.05, 0) is 48.2 Å². The summed E-state index contributed by atoms with van der Waals surface area (Å²) in [6.45, 7) is 4.41. The van der Waals surface area contributed by atoms with E-state index in [-0.39, 0.29) is 12.0 Å². The third kappa shape index (κ3) is 7.07. The summed E-state index contributed by atoms with van der Waals surface area (Å²) in [4.78, 5) is 13.3. The van der Waals surface area contributed by atoms with Crippen LogP contribution in [0.2, 0.25) is 0 Å². The normalized spacial score (nSPS) is 15.7. The number of halogens is 3. The molecule has 0 fully saturated rings. The van der Waals surface area contributed by atoms with Crippen molar-refractivity contribution in [2.75, 3.05) is 32.8 Å². The van der Waals surface area contributed by atoms with E-state index in [1.54, 1.807) is 25.1 Å². The number of nitrogens with zero attached hydrogens (tertiary/aromatic N) is 1. The highest BCUT2D eigenvalue weighted by atomic mass is 19.4. The molecule has 0 bridgehead atoms. The maximum absolute atomic E-state index is 13.3. The number of carboxylic acids is 1. The monoisotopic (exact) mass is 463 g/mol. The average Bonchev–Trinajstić information content (AvgIpc) is 2.80. The molecule has 2 aromatic carbocycles. The third-order valence-corrected chi connectivity index (χ3v) is 5.54. The highest BCUT2D eigenvalue weighted by Crippen LogP contribution is 2.36. The van der Waals surface area contributed by atoms with Gasteiger partial charge in [0.15, 0.2) is 6.10 Å². The molecule has 0 aromatic heterocycles. The van der Waals surface area contributed by atoms with E-state index >= 15 is 0 Å². The molecule has 1 N–H and O–H groups in total. The molecule has 1 unspecified atom stereocenters. The maximum Gasteiger partial charge on any atom is 0.416 e. The van der Waals surface area contributed by atoms with E-state index in [4.69, 9.17) is 9.47 Å². The van der Waals surface area contributed by atoms with Gasteiger partial charge < -0.3 is 14.6 Å². The number of carboxylic acid groups (broad SMARTS) is 1. The number of carbonyl (C=O) groups is 1. The fourth-order valence-corrected chi connectivity index (χ4v) is 3.82. The summed E-state index contributed by atoms with van der Waals surface area (Å²) in [6, 6.07) is 12.9. The largest absolute Gasteiger partial charge is 0.492 e. The minimum atomic E-state index is -4.37. The standard InChI is InChI=1S/C25H28F3NO4/c1-2-32-23(24(30)31)17-18-7-9-20(10-8-18)33-16-15-29-13-11-19(12-14-29)21-5-3-4-6-22(21)25(26,27)28/h3-11,23H,2,12-17H2,1H3,(H,30,31). The molecule has 0 spiro atoms. The maximum atomic E-state index is 13.3. The summed E-state index contributed by atoms with van der Waals surface area (Å²) < 4.78 is 50.8. The SMILES string of the molecule is CCOC(Cc1ccc(OCCN2CC=C(c3ccccc3C(F)(F)F)CC2)cc1)C(=O)O. The van der Waals surface area contributed by atoms with Crippen LogP contribution < -0.4 is 4.74 Å². The van der Waals surface area contributed by atoms with Gasteiger partial charge in [0.2, 0.25) is 0 Å². The molecular weight excluding hydrogens is 435 g/mol. The first-order valence-corrected chi connectivity index (χ1v) is 10.9. The first kappa shape index (κ1) is 24.8. The Morgan fingerprint density at radius 1 is 1.15 bits per heavy atom. The Kier molecular flexibility index (Phi) is 8.52. The number of aliphatic carboxylic acids is 1. The van der Waals surface area contributed by atoms with E-state index < -0.39 is 23.8 Å². The van der Waals surface area contributed by atoms with Crippen LogP contribution in [0.15, 0.2) is 54.6 Å². The van der Waals surface area contributed by atoms with Crippen LogP contribution >= 0.6 is 0 Å². The third-order valence-electron chi connectivity index (χ3n) is 5.54. The zero-order valence-corrected chi connectivity index (χ0v) is 18.5. The molecule has 1 aliphatic heterocycles.